The van der Waals surface area contributed by atoms with Crippen molar-refractivity contribution in [1.29, 1.82) is 0 Å². The number of rotatable bonds is 0. The second-order valence-corrected chi connectivity index (χ2v) is 13.0. The number of hydrogen-bond acceptors (Lipinski definition) is 4. The van der Waals surface area contributed by atoms with Gasteiger partial charge in [0.25, 0.3) is 0 Å². The molecular weight excluding hydrogens is 388 g/mol. The maximum Gasteiger partial charge on any atom is 0.171 e. The minimum absolute atomic E-state index is 0.131. The lowest BCUT2D eigenvalue weighted by atomic mass is 9.44. The van der Waals surface area contributed by atoms with E-state index in [2.05, 4.69) is 27.7 Å². The number of ketones is 1. The number of ether oxygens (including phenoxy) is 2. The molecule has 2 saturated heterocycles. The van der Waals surface area contributed by atoms with Gasteiger partial charge in [-0.25, -0.2) is 0 Å². The number of carbonyl (C=O) groups excluding carboxylic acids is 1. The highest BCUT2D eigenvalue weighted by molar-refractivity contribution is 5.87. The molecule has 2 aliphatic heterocycles. The predicted molar refractivity (Wildman–Crippen MR) is 118 cm³/mol. The topological polar surface area (TPSA) is 55.8 Å². The van der Waals surface area contributed by atoms with Gasteiger partial charge in [0, 0.05) is 30.1 Å². The highest BCUT2D eigenvalue weighted by atomic mass is 16.7. The van der Waals surface area contributed by atoms with Crippen LogP contribution in [-0.4, -0.2) is 35.5 Å². The second-order valence-electron chi connectivity index (χ2n) is 13.0. The fourth-order valence-corrected chi connectivity index (χ4v) is 9.93. The normalized spacial score (nSPS) is 60.9. The summed E-state index contributed by atoms with van der Waals surface area (Å²) in [6.45, 7) is 10.1. The SMILES string of the molecule is C[C@@H]1CC[C@]2(OC1)O[C@H]1C[C@H]3[C@@H]4CC[C@H]5C[C@@H](O)CC[C@]5(C)[C@H]4CC(=O)[C@]3(C)[C@H]1[C@@H]2C. The lowest BCUT2D eigenvalue weighted by Crippen LogP contribution is -2.58. The number of carbonyl (C=O) groups is 1. The summed E-state index contributed by atoms with van der Waals surface area (Å²) >= 11 is 0. The van der Waals surface area contributed by atoms with E-state index in [1.54, 1.807) is 0 Å². The number of hydrogen-bond donors (Lipinski definition) is 1. The van der Waals surface area contributed by atoms with Gasteiger partial charge in [0.05, 0.1) is 18.8 Å². The van der Waals surface area contributed by atoms with Gasteiger partial charge in [0.2, 0.25) is 0 Å². The smallest absolute Gasteiger partial charge is 0.171 e. The van der Waals surface area contributed by atoms with Gasteiger partial charge in [-0.2, -0.15) is 0 Å². The van der Waals surface area contributed by atoms with Crippen LogP contribution in [0.15, 0.2) is 0 Å². The molecule has 174 valence electrons. The minimum Gasteiger partial charge on any atom is -0.393 e. The van der Waals surface area contributed by atoms with Crippen LogP contribution in [-0.2, 0) is 14.3 Å². The van der Waals surface area contributed by atoms with Crippen molar-refractivity contribution in [3.63, 3.8) is 0 Å². The van der Waals surface area contributed by atoms with Crippen LogP contribution < -0.4 is 0 Å². The molecule has 1 N–H and O–H groups in total. The van der Waals surface area contributed by atoms with Crippen molar-refractivity contribution in [3.8, 4) is 0 Å². The number of aliphatic hydroxyl groups excluding tert-OH is 1. The summed E-state index contributed by atoms with van der Waals surface area (Å²) in [6.07, 6.45) is 9.39. The van der Waals surface area contributed by atoms with Crippen molar-refractivity contribution in [2.75, 3.05) is 6.61 Å². The first-order valence-electron chi connectivity index (χ1n) is 13.2. The number of Topliss-reactive ketones (excluding diaryl/α,β-unsaturated/α-hetero) is 1. The molecule has 0 amide bonds. The Morgan fingerprint density at radius 2 is 1.81 bits per heavy atom. The predicted octanol–water partition coefficient (Wildman–Crippen LogP) is 4.97. The molecule has 31 heavy (non-hydrogen) atoms. The fourth-order valence-electron chi connectivity index (χ4n) is 9.93. The van der Waals surface area contributed by atoms with Crippen LogP contribution in [0.1, 0.15) is 85.5 Å². The van der Waals surface area contributed by atoms with E-state index >= 15 is 0 Å². The lowest BCUT2D eigenvalue weighted by Gasteiger charge is -2.60. The zero-order chi connectivity index (χ0) is 21.8. The molecule has 0 aromatic carbocycles. The van der Waals surface area contributed by atoms with Crippen LogP contribution >= 0.6 is 0 Å². The number of aliphatic hydroxyl groups is 1. The molecule has 1 spiro atoms. The van der Waals surface area contributed by atoms with E-state index in [0.29, 0.717) is 41.3 Å². The molecule has 4 heteroatoms. The van der Waals surface area contributed by atoms with Gasteiger partial charge in [-0.1, -0.05) is 27.7 Å². The van der Waals surface area contributed by atoms with Crippen LogP contribution in [0.3, 0.4) is 0 Å². The van der Waals surface area contributed by atoms with Crippen LogP contribution in [0.2, 0.25) is 0 Å². The first kappa shape index (κ1) is 21.1. The van der Waals surface area contributed by atoms with Gasteiger partial charge < -0.3 is 14.6 Å². The highest BCUT2D eigenvalue weighted by Crippen LogP contribution is 2.70. The maximum absolute atomic E-state index is 14.0. The van der Waals surface area contributed by atoms with Gasteiger partial charge in [0.15, 0.2) is 5.79 Å². The van der Waals surface area contributed by atoms with E-state index in [1.807, 2.05) is 0 Å². The summed E-state index contributed by atoms with van der Waals surface area (Å²) in [4.78, 5) is 14.0. The molecule has 6 fully saturated rings. The summed E-state index contributed by atoms with van der Waals surface area (Å²) in [7, 11) is 0. The van der Waals surface area contributed by atoms with Crippen LogP contribution in [0.25, 0.3) is 0 Å². The quantitative estimate of drug-likeness (QED) is 0.589. The van der Waals surface area contributed by atoms with Crippen molar-refractivity contribution in [1.82, 2.24) is 0 Å². The average Bonchev–Trinajstić information content (AvgIpc) is 3.18. The zero-order valence-corrected chi connectivity index (χ0v) is 19.9. The van der Waals surface area contributed by atoms with E-state index in [9.17, 15) is 9.90 Å². The van der Waals surface area contributed by atoms with Crippen LogP contribution in [0.4, 0.5) is 0 Å². The van der Waals surface area contributed by atoms with Gasteiger partial charge in [-0.3, -0.25) is 4.79 Å². The van der Waals surface area contributed by atoms with Crippen molar-refractivity contribution in [3.05, 3.63) is 0 Å². The van der Waals surface area contributed by atoms with E-state index in [1.165, 1.54) is 12.8 Å². The first-order valence-corrected chi connectivity index (χ1v) is 13.2. The Morgan fingerprint density at radius 3 is 2.55 bits per heavy atom. The van der Waals surface area contributed by atoms with Gasteiger partial charge in [-0.05, 0) is 80.0 Å². The third kappa shape index (κ3) is 2.68. The molecule has 0 aromatic rings. The Kier molecular flexibility index (Phi) is 4.62. The highest BCUT2D eigenvalue weighted by Gasteiger charge is 2.71. The van der Waals surface area contributed by atoms with Gasteiger partial charge >= 0.3 is 0 Å². The molecule has 0 unspecified atom stereocenters. The molecule has 4 aliphatic carbocycles. The summed E-state index contributed by atoms with van der Waals surface area (Å²) in [6, 6.07) is 0. The third-order valence-corrected chi connectivity index (χ3v) is 11.8. The molecule has 0 aromatic heterocycles. The maximum atomic E-state index is 14.0. The third-order valence-electron chi connectivity index (χ3n) is 11.8. The standard InChI is InChI=1S/C27H42O4/c1-15-7-10-27(30-14-15)16(2)24-22(31-27)12-21-19-6-5-17-11-18(28)8-9-25(17,3)20(19)13-23(29)26(21,24)4/h15-22,24,28H,5-14H2,1-4H3/t15-,16+,17+,18+,19-,20+,21+,22+,24+,25+,26-,27+/m1/s1. The zero-order valence-electron chi connectivity index (χ0n) is 19.9. The molecule has 0 bridgehead atoms. The summed E-state index contributed by atoms with van der Waals surface area (Å²) in [5.41, 5.74) is -0.0221. The van der Waals surface area contributed by atoms with E-state index in [-0.39, 0.29) is 29.0 Å². The summed E-state index contributed by atoms with van der Waals surface area (Å²) in [5.74, 6) is 3.45. The lowest BCUT2D eigenvalue weighted by molar-refractivity contribution is -0.272. The molecule has 2 heterocycles. The Labute approximate surface area is 187 Å². The Morgan fingerprint density at radius 1 is 1.00 bits per heavy atom. The molecule has 4 saturated carbocycles. The van der Waals surface area contributed by atoms with Crippen molar-refractivity contribution < 1.29 is 19.4 Å². The van der Waals surface area contributed by atoms with Gasteiger partial charge in [0.1, 0.15) is 5.78 Å². The van der Waals surface area contributed by atoms with Crippen LogP contribution in [0.5, 0.6) is 0 Å². The molecule has 6 aliphatic rings. The summed E-state index contributed by atoms with van der Waals surface area (Å²) < 4.78 is 13.2. The van der Waals surface area contributed by atoms with Crippen molar-refractivity contribution in [2.45, 2.75) is 103 Å². The fraction of sp³-hybridized carbons (Fsp3) is 0.963. The van der Waals surface area contributed by atoms with E-state index in [4.69, 9.17) is 9.47 Å². The summed E-state index contributed by atoms with van der Waals surface area (Å²) in [5, 5.41) is 10.3. The molecular formula is C27H42O4. The average molecular weight is 431 g/mol. The molecule has 12 atom stereocenters. The van der Waals surface area contributed by atoms with Crippen molar-refractivity contribution in [2.24, 2.45) is 52.3 Å². The largest absolute Gasteiger partial charge is 0.393 e. The Balaban J connectivity index is 1.30. The monoisotopic (exact) mass is 430 g/mol. The Bertz CT molecular complexity index is 756. The Hall–Kier alpha value is -0.450. The van der Waals surface area contributed by atoms with E-state index < -0.39 is 5.79 Å². The molecule has 0 radical (unpaired) electrons. The van der Waals surface area contributed by atoms with Crippen LogP contribution in [0, 0.1) is 52.3 Å². The van der Waals surface area contributed by atoms with E-state index in [0.717, 1.165) is 51.6 Å². The second kappa shape index (κ2) is 6.79. The minimum atomic E-state index is -0.448. The van der Waals surface area contributed by atoms with Gasteiger partial charge in [-0.15, -0.1) is 0 Å². The first-order chi connectivity index (χ1) is 14.7. The molecule has 4 nitrogen and oxygen atoms in total. The molecule has 6 rings (SSSR count). The van der Waals surface area contributed by atoms with Crippen molar-refractivity contribution >= 4 is 5.78 Å². The number of fused-ring (bicyclic) bond motifs is 7.